The summed E-state index contributed by atoms with van der Waals surface area (Å²) < 4.78 is 0. The molecule has 0 saturated heterocycles. The van der Waals surface area contributed by atoms with Crippen molar-refractivity contribution >= 4 is 0 Å². The molecule has 0 fully saturated rings. The third-order valence-corrected chi connectivity index (χ3v) is 1.01. The molecule has 2 nitrogen and oxygen atoms in total. The summed E-state index contributed by atoms with van der Waals surface area (Å²) in [6.07, 6.45) is 3.71. The lowest BCUT2D eigenvalue weighted by molar-refractivity contribution is 1.22. The van der Waals surface area contributed by atoms with E-state index >= 15 is 0 Å². The molecule has 0 spiro atoms. The molecule has 1 heterocycles. The lowest BCUT2D eigenvalue weighted by Crippen LogP contribution is -1.76. The van der Waals surface area contributed by atoms with Crippen molar-refractivity contribution < 1.29 is 0 Å². The first-order chi connectivity index (χ1) is 5.20. The number of nitrogens with zero attached hydrogens (tertiary/aromatic N) is 2. The number of aryl methyl sites for hydroxylation is 2. The third-order valence-electron chi connectivity index (χ3n) is 1.01. The Balaban J connectivity index is 0.000000292. The highest BCUT2D eigenvalue weighted by Crippen LogP contribution is 1.96. The van der Waals surface area contributed by atoms with Crippen LogP contribution in [0.1, 0.15) is 18.1 Å². The van der Waals surface area contributed by atoms with Gasteiger partial charge in [0.2, 0.25) is 0 Å². The van der Waals surface area contributed by atoms with Crippen LogP contribution in [0.5, 0.6) is 0 Å². The summed E-state index contributed by atoms with van der Waals surface area (Å²) in [5.74, 6) is 0. The van der Waals surface area contributed by atoms with Gasteiger partial charge in [0.05, 0.1) is 6.07 Å². The quantitative estimate of drug-likeness (QED) is 0.565. The monoisotopic (exact) mass is 148 g/mol. The molecule has 0 atom stereocenters. The molecule has 0 aliphatic heterocycles. The Hall–Kier alpha value is -1.36. The molecule has 0 bridgehead atoms. The molecular formula is C9H12N2. The fourth-order valence-corrected chi connectivity index (χ4v) is 0.706. The summed E-state index contributed by atoms with van der Waals surface area (Å²) in [4.78, 5) is 3.98. The molecule has 0 amide bonds. The average Bonchev–Trinajstić information content (AvgIpc) is 1.88. The highest BCUT2D eigenvalue weighted by atomic mass is 14.6. The Morgan fingerprint density at radius 2 is 1.64 bits per heavy atom. The van der Waals surface area contributed by atoms with Crippen LogP contribution in [-0.2, 0) is 0 Å². The van der Waals surface area contributed by atoms with E-state index in [0.29, 0.717) is 0 Å². The number of hydrogen-bond acceptors (Lipinski definition) is 2. The van der Waals surface area contributed by atoms with Gasteiger partial charge in [0.1, 0.15) is 0 Å². The summed E-state index contributed by atoms with van der Waals surface area (Å²) in [6, 6.07) is 3.85. The van der Waals surface area contributed by atoms with Gasteiger partial charge < -0.3 is 0 Å². The minimum absolute atomic E-state index is 1.23. The van der Waals surface area contributed by atoms with E-state index < -0.39 is 0 Å². The predicted octanol–water partition coefficient (Wildman–Crippen LogP) is 2.23. The van der Waals surface area contributed by atoms with E-state index in [0.717, 1.165) is 0 Å². The Morgan fingerprint density at radius 3 is 1.82 bits per heavy atom. The van der Waals surface area contributed by atoms with Crippen molar-refractivity contribution in [2.24, 2.45) is 0 Å². The Kier molecular flexibility index (Phi) is 4.76. The second-order valence-electron chi connectivity index (χ2n) is 2.26. The highest BCUT2D eigenvalue weighted by Gasteiger charge is 1.81. The van der Waals surface area contributed by atoms with Crippen LogP contribution in [-0.4, -0.2) is 4.98 Å². The summed E-state index contributed by atoms with van der Waals surface area (Å²) in [5, 5.41) is 7.32. The Bertz CT molecular complexity index is 231. The maximum absolute atomic E-state index is 7.32. The number of aromatic nitrogens is 1. The van der Waals surface area contributed by atoms with E-state index in [9.17, 15) is 0 Å². The van der Waals surface area contributed by atoms with E-state index in [-0.39, 0.29) is 0 Å². The van der Waals surface area contributed by atoms with Crippen LogP contribution in [0, 0.1) is 25.2 Å². The maximum atomic E-state index is 7.32. The van der Waals surface area contributed by atoms with E-state index in [1.807, 2.05) is 26.2 Å². The van der Waals surface area contributed by atoms with Gasteiger partial charge in [-0.15, -0.1) is 0 Å². The van der Waals surface area contributed by atoms with E-state index in [4.69, 9.17) is 5.26 Å². The van der Waals surface area contributed by atoms with Gasteiger partial charge in [-0.05, 0) is 25.0 Å². The van der Waals surface area contributed by atoms with Gasteiger partial charge in [-0.1, -0.05) is 6.07 Å². The summed E-state index contributed by atoms with van der Waals surface area (Å²) in [6.45, 7) is 5.51. The van der Waals surface area contributed by atoms with Crippen molar-refractivity contribution in [3.63, 3.8) is 0 Å². The van der Waals surface area contributed by atoms with Gasteiger partial charge in [0.15, 0.2) is 0 Å². The van der Waals surface area contributed by atoms with Crippen molar-refractivity contribution in [2.75, 3.05) is 0 Å². The van der Waals surface area contributed by atoms with Crippen molar-refractivity contribution in [3.8, 4) is 6.07 Å². The lowest BCUT2D eigenvalue weighted by atomic mass is 10.2. The summed E-state index contributed by atoms with van der Waals surface area (Å²) in [7, 11) is 0. The third kappa shape index (κ3) is 5.10. The molecule has 0 radical (unpaired) electrons. The molecule has 0 aliphatic carbocycles. The number of nitriles is 1. The van der Waals surface area contributed by atoms with Gasteiger partial charge in [-0.25, -0.2) is 0 Å². The molecule has 58 valence electrons. The van der Waals surface area contributed by atoms with Gasteiger partial charge >= 0.3 is 0 Å². The van der Waals surface area contributed by atoms with Crippen LogP contribution in [0.2, 0.25) is 0 Å². The van der Waals surface area contributed by atoms with Crippen LogP contribution in [0.4, 0.5) is 0 Å². The topological polar surface area (TPSA) is 36.7 Å². The maximum Gasteiger partial charge on any atom is 0.0587 e. The van der Waals surface area contributed by atoms with Crippen LogP contribution in [0.15, 0.2) is 18.5 Å². The molecule has 0 saturated carbocycles. The molecular weight excluding hydrogens is 136 g/mol. The number of rotatable bonds is 0. The van der Waals surface area contributed by atoms with Gasteiger partial charge in [-0.2, -0.15) is 5.26 Å². The molecule has 1 aromatic rings. The smallest absolute Gasteiger partial charge is 0.0587 e. The van der Waals surface area contributed by atoms with Crippen LogP contribution in [0.25, 0.3) is 0 Å². The number of pyridine rings is 1. The molecule has 0 aliphatic rings. The second kappa shape index (κ2) is 5.43. The van der Waals surface area contributed by atoms with Crippen molar-refractivity contribution in [1.29, 1.82) is 5.26 Å². The van der Waals surface area contributed by atoms with E-state index in [1.54, 1.807) is 6.07 Å². The predicted molar refractivity (Wildman–Crippen MR) is 45.0 cm³/mol. The zero-order valence-corrected chi connectivity index (χ0v) is 7.13. The normalized spacial score (nSPS) is 7.45. The fourth-order valence-electron chi connectivity index (χ4n) is 0.706. The van der Waals surface area contributed by atoms with E-state index in [2.05, 4.69) is 11.1 Å². The fraction of sp³-hybridized carbons (Fsp3) is 0.333. The molecule has 0 unspecified atom stereocenters. The molecule has 2 heteroatoms. The van der Waals surface area contributed by atoms with Crippen molar-refractivity contribution in [2.45, 2.75) is 20.8 Å². The SMILES string of the molecule is CC#N.Cc1cncc(C)c1. The molecule has 0 N–H and O–H groups in total. The molecule has 1 rings (SSSR count). The van der Waals surface area contributed by atoms with Gasteiger partial charge in [0, 0.05) is 19.3 Å². The molecule has 1 aromatic heterocycles. The first kappa shape index (κ1) is 9.64. The summed E-state index contributed by atoms with van der Waals surface area (Å²) in [5.41, 5.74) is 2.45. The zero-order chi connectivity index (χ0) is 8.69. The Morgan fingerprint density at radius 1 is 1.27 bits per heavy atom. The average molecular weight is 148 g/mol. The van der Waals surface area contributed by atoms with Gasteiger partial charge in [0.25, 0.3) is 0 Å². The minimum atomic E-state index is 1.23. The summed E-state index contributed by atoms with van der Waals surface area (Å²) >= 11 is 0. The largest absolute Gasteiger partial charge is 0.264 e. The first-order valence-electron chi connectivity index (χ1n) is 3.39. The Labute approximate surface area is 67.5 Å². The minimum Gasteiger partial charge on any atom is -0.264 e. The standard InChI is InChI=1S/C7H9N.C2H3N/c1-6-3-7(2)5-8-4-6;1-2-3/h3-5H,1-2H3;1H3. The lowest BCUT2D eigenvalue weighted by Gasteiger charge is -1.89. The number of hydrogen-bond donors (Lipinski definition) is 0. The van der Waals surface area contributed by atoms with Crippen LogP contribution in [0.3, 0.4) is 0 Å². The van der Waals surface area contributed by atoms with Crippen molar-refractivity contribution in [1.82, 2.24) is 4.98 Å². The van der Waals surface area contributed by atoms with Gasteiger partial charge in [-0.3, -0.25) is 4.98 Å². The van der Waals surface area contributed by atoms with E-state index in [1.165, 1.54) is 18.1 Å². The highest BCUT2D eigenvalue weighted by molar-refractivity contribution is 5.14. The second-order valence-corrected chi connectivity index (χ2v) is 2.26. The molecule has 11 heavy (non-hydrogen) atoms. The first-order valence-corrected chi connectivity index (χ1v) is 3.39. The zero-order valence-electron chi connectivity index (χ0n) is 7.13. The van der Waals surface area contributed by atoms with Crippen LogP contribution < -0.4 is 0 Å². The van der Waals surface area contributed by atoms with Crippen LogP contribution >= 0.6 is 0 Å². The van der Waals surface area contributed by atoms with Crippen molar-refractivity contribution in [3.05, 3.63) is 29.6 Å². The molecule has 0 aromatic carbocycles.